The van der Waals surface area contributed by atoms with Crippen molar-refractivity contribution in [3.05, 3.63) is 69.6 Å². The molecule has 128 valence electrons. The van der Waals surface area contributed by atoms with E-state index < -0.39 is 0 Å². The molecule has 1 aromatic heterocycles. The average molecular weight is 371 g/mol. The fourth-order valence-corrected chi connectivity index (χ4v) is 3.72. The molecule has 0 bridgehead atoms. The third kappa shape index (κ3) is 4.27. The molecule has 1 N–H and O–H groups in total. The summed E-state index contributed by atoms with van der Waals surface area (Å²) in [6, 6.07) is 15.1. The predicted molar refractivity (Wildman–Crippen MR) is 106 cm³/mol. The molecule has 3 aromatic rings. The quantitative estimate of drug-likeness (QED) is 0.600. The van der Waals surface area contributed by atoms with Gasteiger partial charge in [0, 0.05) is 21.0 Å². The van der Waals surface area contributed by atoms with Crippen LogP contribution in [0.1, 0.15) is 34.1 Å². The Labute approximate surface area is 156 Å². The van der Waals surface area contributed by atoms with Crippen molar-refractivity contribution in [3.8, 4) is 11.3 Å². The van der Waals surface area contributed by atoms with Crippen LogP contribution in [0.2, 0.25) is 5.02 Å². The summed E-state index contributed by atoms with van der Waals surface area (Å²) in [5.74, 6) is -0.177. The number of nitrogens with zero attached hydrogens (tertiary/aromatic N) is 1. The highest BCUT2D eigenvalue weighted by Crippen LogP contribution is 2.32. The number of halogens is 1. The van der Waals surface area contributed by atoms with Crippen molar-refractivity contribution < 1.29 is 4.79 Å². The Bertz CT molecular complexity index is 870. The molecule has 2 aromatic carbocycles. The summed E-state index contributed by atoms with van der Waals surface area (Å²) in [6.45, 7) is 4.21. The molecule has 1 amide bonds. The first-order chi connectivity index (χ1) is 12.1. The van der Waals surface area contributed by atoms with Gasteiger partial charge in [0.2, 0.25) is 0 Å². The zero-order valence-electron chi connectivity index (χ0n) is 14.2. The van der Waals surface area contributed by atoms with Gasteiger partial charge in [-0.15, -0.1) is 11.3 Å². The highest BCUT2D eigenvalue weighted by Gasteiger charge is 2.15. The van der Waals surface area contributed by atoms with E-state index in [9.17, 15) is 4.79 Å². The molecule has 0 aliphatic carbocycles. The highest BCUT2D eigenvalue weighted by molar-refractivity contribution is 7.16. The summed E-state index contributed by atoms with van der Waals surface area (Å²) in [4.78, 5) is 18.3. The second-order valence-electron chi connectivity index (χ2n) is 5.87. The molecule has 0 spiro atoms. The predicted octanol–water partition coefficient (Wildman–Crippen LogP) is 5.98. The topological polar surface area (TPSA) is 42.0 Å². The summed E-state index contributed by atoms with van der Waals surface area (Å²) in [6.07, 6.45) is 1.98. The number of aryl methyl sites for hydroxylation is 2. The molecule has 0 atom stereocenters. The van der Waals surface area contributed by atoms with Gasteiger partial charge in [-0.25, -0.2) is 4.98 Å². The van der Waals surface area contributed by atoms with E-state index >= 15 is 0 Å². The second kappa shape index (κ2) is 7.81. The van der Waals surface area contributed by atoms with Crippen LogP contribution in [-0.4, -0.2) is 10.9 Å². The lowest BCUT2D eigenvalue weighted by molar-refractivity contribution is 0.102. The number of benzene rings is 2. The molecule has 0 saturated carbocycles. The molecule has 3 rings (SSSR count). The summed E-state index contributed by atoms with van der Waals surface area (Å²) < 4.78 is 0. The van der Waals surface area contributed by atoms with Crippen LogP contribution in [-0.2, 0) is 6.42 Å². The van der Waals surface area contributed by atoms with Crippen molar-refractivity contribution in [1.82, 2.24) is 4.98 Å². The molecule has 0 fully saturated rings. The van der Waals surface area contributed by atoms with Crippen molar-refractivity contribution >= 4 is 34.0 Å². The van der Waals surface area contributed by atoms with Crippen molar-refractivity contribution in [1.29, 1.82) is 0 Å². The van der Waals surface area contributed by atoms with Crippen LogP contribution in [0.25, 0.3) is 11.3 Å². The minimum absolute atomic E-state index is 0.177. The van der Waals surface area contributed by atoms with Gasteiger partial charge in [-0.2, -0.15) is 0 Å². The van der Waals surface area contributed by atoms with Crippen LogP contribution in [0.5, 0.6) is 0 Å². The Morgan fingerprint density at radius 1 is 1.12 bits per heavy atom. The number of hydrogen-bond acceptors (Lipinski definition) is 3. The van der Waals surface area contributed by atoms with E-state index in [1.165, 1.54) is 10.4 Å². The fraction of sp³-hybridized carbons (Fsp3) is 0.200. The number of carbonyl (C=O) groups excluding carboxylic acids is 1. The van der Waals surface area contributed by atoms with E-state index in [1.54, 1.807) is 35.6 Å². The molecule has 5 heteroatoms. The minimum Gasteiger partial charge on any atom is -0.298 e. The summed E-state index contributed by atoms with van der Waals surface area (Å²) in [5, 5.41) is 4.14. The van der Waals surface area contributed by atoms with Gasteiger partial charge < -0.3 is 0 Å². The van der Waals surface area contributed by atoms with Gasteiger partial charge in [-0.05, 0) is 37.6 Å². The highest BCUT2D eigenvalue weighted by atomic mass is 35.5. The number of thiazole rings is 1. The molecule has 0 radical (unpaired) electrons. The van der Waals surface area contributed by atoms with E-state index in [0.29, 0.717) is 15.7 Å². The zero-order chi connectivity index (χ0) is 17.8. The van der Waals surface area contributed by atoms with Gasteiger partial charge in [0.1, 0.15) is 0 Å². The Balaban J connectivity index is 1.87. The van der Waals surface area contributed by atoms with Crippen LogP contribution >= 0.6 is 22.9 Å². The number of aromatic nitrogens is 1. The van der Waals surface area contributed by atoms with Crippen LogP contribution in [0.15, 0.2) is 48.5 Å². The lowest BCUT2D eigenvalue weighted by atomic mass is 10.1. The Kier molecular flexibility index (Phi) is 5.51. The summed E-state index contributed by atoms with van der Waals surface area (Å²) in [7, 11) is 0. The largest absolute Gasteiger partial charge is 0.298 e. The number of amides is 1. The molecule has 0 aliphatic heterocycles. The van der Waals surface area contributed by atoms with Crippen LogP contribution in [0, 0.1) is 6.92 Å². The average Bonchev–Trinajstić information content (AvgIpc) is 2.99. The molecule has 3 nitrogen and oxygen atoms in total. The third-order valence-electron chi connectivity index (χ3n) is 3.83. The molecule has 25 heavy (non-hydrogen) atoms. The first-order valence-electron chi connectivity index (χ1n) is 8.20. The lowest BCUT2D eigenvalue weighted by Crippen LogP contribution is -2.11. The first kappa shape index (κ1) is 17.6. The molecular formula is C20H19ClN2OS. The van der Waals surface area contributed by atoms with E-state index in [4.69, 9.17) is 11.6 Å². The fourth-order valence-electron chi connectivity index (χ4n) is 2.51. The molecule has 1 heterocycles. The Morgan fingerprint density at radius 3 is 2.44 bits per heavy atom. The maximum atomic E-state index is 12.4. The van der Waals surface area contributed by atoms with Gasteiger partial charge in [0.25, 0.3) is 5.91 Å². The van der Waals surface area contributed by atoms with Crippen molar-refractivity contribution in [2.45, 2.75) is 26.7 Å². The first-order valence-corrected chi connectivity index (χ1v) is 9.40. The smallest absolute Gasteiger partial charge is 0.257 e. The minimum atomic E-state index is -0.177. The summed E-state index contributed by atoms with van der Waals surface area (Å²) >= 11 is 7.41. The van der Waals surface area contributed by atoms with Gasteiger partial charge in [0.05, 0.1) is 5.69 Å². The normalized spacial score (nSPS) is 10.7. The van der Waals surface area contributed by atoms with Crippen LogP contribution in [0.4, 0.5) is 5.13 Å². The SMILES string of the molecule is CCCc1sc(NC(=O)c2ccc(Cl)cc2)nc1-c1ccc(C)cc1. The van der Waals surface area contributed by atoms with E-state index in [0.717, 1.165) is 24.1 Å². The maximum Gasteiger partial charge on any atom is 0.257 e. The van der Waals surface area contributed by atoms with Crippen LogP contribution < -0.4 is 5.32 Å². The lowest BCUT2D eigenvalue weighted by Gasteiger charge is -2.02. The van der Waals surface area contributed by atoms with Crippen molar-refractivity contribution in [3.63, 3.8) is 0 Å². The maximum absolute atomic E-state index is 12.4. The standard InChI is InChI=1S/C20H19ClN2OS/c1-3-4-17-18(14-7-5-13(2)6-8-14)22-20(25-17)23-19(24)15-9-11-16(21)12-10-15/h5-12H,3-4H2,1-2H3,(H,22,23,24). The number of rotatable bonds is 5. The number of anilines is 1. The molecule has 0 saturated heterocycles. The monoisotopic (exact) mass is 370 g/mol. The van der Waals surface area contributed by atoms with Gasteiger partial charge in [-0.1, -0.05) is 54.8 Å². The molecular weight excluding hydrogens is 352 g/mol. The third-order valence-corrected chi connectivity index (χ3v) is 5.11. The number of nitrogens with one attached hydrogen (secondary N) is 1. The van der Waals surface area contributed by atoms with Gasteiger partial charge in [-0.3, -0.25) is 10.1 Å². The van der Waals surface area contributed by atoms with Gasteiger partial charge >= 0.3 is 0 Å². The summed E-state index contributed by atoms with van der Waals surface area (Å²) in [5.41, 5.74) is 3.82. The zero-order valence-corrected chi connectivity index (χ0v) is 15.7. The number of carbonyl (C=O) groups is 1. The Hall–Kier alpha value is -2.17. The molecule has 0 unspecified atom stereocenters. The van der Waals surface area contributed by atoms with Crippen molar-refractivity contribution in [2.75, 3.05) is 5.32 Å². The Morgan fingerprint density at radius 2 is 1.80 bits per heavy atom. The van der Waals surface area contributed by atoms with Crippen molar-refractivity contribution in [2.24, 2.45) is 0 Å². The number of hydrogen-bond donors (Lipinski definition) is 1. The van der Waals surface area contributed by atoms with E-state index in [1.807, 2.05) is 0 Å². The van der Waals surface area contributed by atoms with E-state index in [-0.39, 0.29) is 5.91 Å². The van der Waals surface area contributed by atoms with Gasteiger partial charge in [0.15, 0.2) is 5.13 Å². The molecule has 0 aliphatic rings. The van der Waals surface area contributed by atoms with Crippen LogP contribution in [0.3, 0.4) is 0 Å². The van der Waals surface area contributed by atoms with E-state index in [2.05, 4.69) is 48.4 Å². The second-order valence-corrected chi connectivity index (χ2v) is 7.39.